The van der Waals surface area contributed by atoms with Crippen molar-refractivity contribution in [3.05, 3.63) is 74.6 Å². The second-order valence-corrected chi connectivity index (χ2v) is 7.43. The molecule has 0 unspecified atom stereocenters. The number of nitrogens with zero attached hydrogens (tertiary/aromatic N) is 3. The molecule has 9 heteroatoms. The van der Waals surface area contributed by atoms with E-state index < -0.39 is 12.7 Å². The number of alkyl halides is 2. The minimum atomic E-state index is -2.94. The molecule has 2 aromatic carbocycles. The van der Waals surface area contributed by atoms with Crippen LogP contribution >= 0.6 is 34.2 Å². The highest BCUT2D eigenvalue weighted by molar-refractivity contribution is 14.1. The van der Waals surface area contributed by atoms with Crippen LogP contribution in [0.5, 0.6) is 5.75 Å². The third kappa shape index (κ3) is 3.77. The van der Waals surface area contributed by atoms with E-state index in [0.717, 1.165) is 14.8 Å². The van der Waals surface area contributed by atoms with Crippen molar-refractivity contribution in [1.29, 1.82) is 0 Å². The third-order valence-corrected chi connectivity index (χ3v) is 5.02. The molecule has 3 aromatic rings. The number of nitrogens with one attached hydrogen (secondary N) is 1. The predicted molar refractivity (Wildman–Crippen MR) is 107 cm³/mol. The summed E-state index contributed by atoms with van der Waals surface area (Å²) in [6.45, 7) is -2.94. The number of allylic oxidation sites excluding steroid dienone is 1. The summed E-state index contributed by atoms with van der Waals surface area (Å²) in [6.07, 6.45) is 3.28. The van der Waals surface area contributed by atoms with Gasteiger partial charge in [0.15, 0.2) is 0 Å². The highest BCUT2D eigenvalue weighted by Gasteiger charge is 2.27. The van der Waals surface area contributed by atoms with Crippen molar-refractivity contribution in [3.8, 4) is 5.75 Å². The Morgan fingerprint density at radius 1 is 1.19 bits per heavy atom. The van der Waals surface area contributed by atoms with Crippen LogP contribution in [0.3, 0.4) is 0 Å². The zero-order valence-electron chi connectivity index (χ0n) is 13.6. The van der Waals surface area contributed by atoms with Gasteiger partial charge in [0.25, 0.3) is 0 Å². The van der Waals surface area contributed by atoms with Gasteiger partial charge in [0.2, 0.25) is 5.95 Å². The highest BCUT2D eigenvalue weighted by Crippen LogP contribution is 2.37. The summed E-state index contributed by atoms with van der Waals surface area (Å²) < 4.78 is 33.1. The van der Waals surface area contributed by atoms with Crippen molar-refractivity contribution < 1.29 is 13.5 Å². The number of hydrogen-bond donors (Lipinski definition) is 1. The fourth-order valence-electron chi connectivity index (χ4n) is 2.91. The largest absolute Gasteiger partial charge is 0.434 e. The number of rotatable bonds is 4. The molecule has 1 atom stereocenters. The van der Waals surface area contributed by atoms with Crippen LogP contribution in [0, 0.1) is 3.57 Å². The molecule has 1 aromatic heterocycles. The lowest BCUT2D eigenvalue weighted by atomic mass is 10.0. The molecule has 4 rings (SSSR count). The zero-order chi connectivity index (χ0) is 19.0. The second kappa shape index (κ2) is 7.43. The molecule has 0 amide bonds. The number of benzene rings is 2. The molecule has 0 radical (unpaired) electrons. The maximum Gasteiger partial charge on any atom is 0.387 e. The quantitative estimate of drug-likeness (QED) is 0.501. The average Bonchev–Trinajstić information content (AvgIpc) is 3.11. The van der Waals surface area contributed by atoms with Crippen LogP contribution in [0.1, 0.15) is 17.2 Å². The van der Waals surface area contributed by atoms with Crippen LogP contribution in [-0.4, -0.2) is 21.4 Å². The van der Waals surface area contributed by atoms with Gasteiger partial charge in [0, 0.05) is 19.9 Å². The standard InChI is InChI=1S/C18H12ClF2IN4O/c19-11-3-6-16(27-17(20)21)13(7-11)15-8-14(10-1-4-12(22)5-2-10)25-18-23-9-24-26(15)18/h1-9,15,17H,(H,23,24,25)/t15-/m0/s1. The van der Waals surface area contributed by atoms with Gasteiger partial charge in [0.1, 0.15) is 18.1 Å². The fourth-order valence-corrected chi connectivity index (χ4v) is 3.45. The van der Waals surface area contributed by atoms with Crippen molar-refractivity contribution in [2.24, 2.45) is 0 Å². The SMILES string of the molecule is FC(F)Oc1ccc(Cl)cc1[C@@H]1C=C(c2ccc(I)cc2)Nc2ncnn21. The minimum Gasteiger partial charge on any atom is -0.434 e. The van der Waals surface area contributed by atoms with Crippen molar-refractivity contribution >= 4 is 45.8 Å². The molecule has 0 fully saturated rings. The highest BCUT2D eigenvalue weighted by atomic mass is 127. The van der Waals surface area contributed by atoms with E-state index in [1.165, 1.54) is 18.5 Å². The maximum atomic E-state index is 12.9. The van der Waals surface area contributed by atoms with Gasteiger partial charge in [-0.25, -0.2) is 4.68 Å². The fraction of sp³-hybridized carbons (Fsp3) is 0.111. The summed E-state index contributed by atoms with van der Waals surface area (Å²) in [6, 6.07) is 11.9. The van der Waals surface area contributed by atoms with E-state index in [2.05, 4.69) is 38.0 Å². The van der Waals surface area contributed by atoms with Gasteiger partial charge < -0.3 is 10.1 Å². The summed E-state index contributed by atoms with van der Waals surface area (Å²) >= 11 is 8.35. The van der Waals surface area contributed by atoms with Crippen molar-refractivity contribution in [2.45, 2.75) is 12.7 Å². The van der Waals surface area contributed by atoms with Crippen LogP contribution in [0.2, 0.25) is 5.02 Å². The molecule has 0 saturated carbocycles. The monoisotopic (exact) mass is 500 g/mol. The molecule has 138 valence electrons. The predicted octanol–water partition coefficient (Wildman–Crippen LogP) is 5.19. The van der Waals surface area contributed by atoms with E-state index in [1.807, 2.05) is 30.3 Å². The van der Waals surface area contributed by atoms with Crippen LogP contribution in [0.25, 0.3) is 5.70 Å². The average molecular weight is 501 g/mol. The first kappa shape index (κ1) is 18.2. The van der Waals surface area contributed by atoms with Crippen molar-refractivity contribution in [3.63, 3.8) is 0 Å². The molecule has 0 saturated heterocycles. The summed E-state index contributed by atoms with van der Waals surface area (Å²) in [5.41, 5.74) is 2.20. The lowest BCUT2D eigenvalue weighted by molar-refractivity contribution is -0.0506. The van der Waals surface area contributed by atoms with Gasteiger partial charge in [-0.2, -0.15) is 18.9 Å². The number of fused-ring (bicyclic) bond motifs is 1. The maximum absolute atomic E-state index is 12.9. The Morgan fingerprint density at radius 2 is 1.96 bits per heavy atom. The van der Waals surface area contributed by atoms with Crippen LogP contribution < -0.4 is 10.1 Å². The Bertz CT molecular complexity index is 1010. The number of hydrogen-bond acceptors (Lipinski definition) is 4. The first-order valence-electron chi connectivity index (χ1n) is 7.90. The van der Waals surface area contributed by atoms with Gasteiger partial charge in [-0.3, -0.25) is 0 Å². The Labute approximate surface area is 172 Å². The second-order valence-electron chi connectivity index (χ2n) is 5.75. The molecule has 0 bridgehead atoms. The van der Waals surface area contributed by atoms with Crippen LogP contribution in [0.4, 0.5) is 14.7 Å². The Morgan fingerprint density at radius 3 is 2.70 bits per heavy atom. The first-order valence-corrected chi connectivity index (χ1v) is 9.35. The number of anilines is 1. The molecule has 1 N–H and O–H groups in total. The normalized spacial score (nSPS) is 15.9. The summed E-state index contributed by atoms with van der Waals surface area (Å²) in [7, 11) is 0. The number of ether oxygens (including phenoxy) is 1. The number of aromatic nitrogens is 3. The molecule has 2 heterocycles. The Hall–Kier alpha value is -2.20. The van der Waals surface area contributed by atoms with E-state index in [-0.39, 0.29) is 5.75 Å². The van der Waals surface area contributed by atoms with Crippen molar-refractivity contribution in [2.75, 3.05) is 5.32 Å². The van der Waals surface area contributed by atoms with E-state index in [9.17, 15) is 8.78 Å². The van der Waals surface area contributed by atoms with E-state index in [4.69, 9.17) is 16.3 Å². The van der Waals surface area contributed by atoms with E-state index in [1.54, 1.807) is 10.7 Å². The summed E-state index contributed by atoms with van der Waals surface area (Å²) in [5.74, 6) is 0.542. The molecular weight excluding hydrogens is 489 g/mol. The zero-order valence-corrected chi connectivity index (χ0v) is 16.5. The van der Waals surface area contributed by atoms with Crippen molar-refractivity contribution in [1.82, 2.24) is 14.8 Å². The van der Waals surface area contributed by atoms with Gasteiger partial charge in [0.05, 0.1) is 0 Å². The van der Waals surface area contributed by atoms with Crippen LogP contribution in [0.15, 0.2) is 54.9 Å². The molecule has 1 aliphatic heterocycles. The third-order valence-electron chi connectivity index (χ3n) is 4.07. The van der Waals surface area contributed by atoms with Crippen LogP contribution in [-0.2, 0) is 0 Å². The molecule has 1 aliphatic rings. The van der Waals surface area contributed by atoms with E-state index >= 15 is 0 Å². The smallest absolute Gasteiger partial charge is 0.387 e. The molecular formula is C18H12ClF2IN4O. The molecule has 5 nitrogen and oxygen atoms in total. The number of halogens is 4. The van der Waals surface area contributed by atoms with E-state index in [0.29, 0.717) is 16.5 Å². The minimum absolute atomic E-state index is 0.0426. The summed E-state index contributed by atoms with van der Waals surface area (Å²) in [4.78, 5) is 4.22. The summed E-state index contributed by atoms with van der Waals surface area (Å²) in [5, 5.41) is 7.84. The lowest BCUT2D eigenvalue weighted by Crippen LogP contribution is -2.21. The first-order chi connectivity index (χ1) is 13.0. The topological polar surface area (TPSA) is 52.0 Å². The Balaban J connectivity index is 1.83. The molecule has 0 aliphatic carbocycles. The van der Waals surface area contributed by atoms with Gasteiger partial charge in [-0.05, 0) is 64.6 Å². The molecule has 27 heavy (non-hydrogen) atoms. The molecule has 0 spiro atoms. The Kier molecular flexibility index (Phi) is 5.00. The van der Waals surface area contributed by atoms with Gasteiger partial charge in [-0.1, -0.05) is 23.7 Å². The van der Waals surface area contributed by atoms with Gasteiger partial charge in [-0.15, -0.1) is 0 Å². The lowest BCUT2D eigenvalue weighted by Gasteiger charge is -2.26. The van der Waals surface area contributed by atoms with Gasteiger partial charge >= 0.3 is 6.61 Å².